The van der Waals surface area contributed by atoms with Crippen LogP contribution in [0, 0.1) is 0 Å². The number of benzene rings is 1. The number of rotatable bonds is 6. The van der Waals surface area contributed by atoms with Crippen molar-refractivity contribution in [2.24, 2.45) is 0 Å². The molecule has 4 rings (SSSR count). The van der Waals surface area contributed by atoms with E-state index in [1.165, 1.54) is 11.3 Å². The molecule has 2 amide bonds. The molecular formula is C22H25N5O2S. The first kappa shape index (κ1) is 20.3. The first-order valence-corrected chi connectivity index (χ1v) is 11.1. The number of carbonyl (C=O) groups is 2. The molecule has 3 aromatic rings. The average molecular weight is 424 g/mol. The minimum Gasteiger partial charge on any atom is -0.353 e. The number of piperazine rings is 1. The Hall–Kier alpha value is -3.00. The standard InChI is InChI=1S/C22H25N5O2S/c1-2-5-20(28)25-22-24-17-8-7-16(14-18(17)30-22)15-21(29)27-12-10-26(11-13-27)19-6-3-4-9-23-19/h3-4,6-9,14H,2,5,10-13,15H2,1H3,(H,24,25,28). The fourth-order valence-electron chi connectivity index (χ4n) is 3.55. The molecule has 0 spiro atoms. The van der Waals surface area contributed by atoms with E-state index in [0.717, 1.165) is 41.1 Å². The summed E-state index contributed by atoms with van der Waals surface area (Å²) in [6, 6.07) is 11.8. The van der Waals surface area contributed by atoms with Crippen LogP contribution in [0.15, 0.2) is 42.6 Å². The Bertz CT molecular complexity index is 1030. The van der Waals surface area contributed by atoms with E-state index in [-0.39, 0.29) is 11.8 Å². The molecule has 30 heavy (non-hydrogen) atoms. The molecule has 7 nitrogen and oxygen atoms in total. The molecule has 8 heteroatoms. The molecule has 0 aliphatic carbocycles. The van der Waals surface area contributed by atoms with Crippen molar-refractivity contribution < 1.29 is 9.59 Å². The number of nitrogens with zero attached hydrogens (tertiary/aromatic N) is 4. The smallest absolute Gasteiger partial charge is 0.227 e. The van der Waals surface area contributed by atoms with E-state index in [1.807, 2.05) is 48.2 Å². The zero-order chi connectivity index (χ0) is 20.9. The van der Waals surface area contributed by atoms with Gasteiger partial charge in [-0.3, -0.25) is 9.59 Å². The number of thiazole rings is 1. The van der Waals surface area contributed by atoms with Crippen molar-refractivity contribution in [3.8, 4) is 0 Å². The maximum Gasteiger partial charge on any atom is 0.227 e. The summed E-state index contributed by atoms with van der Waals surface area (Å²) in [6.07, 6.45) is 3.46. The van der Waals surface area contributed by atoms with Gasteiger partial charge in [0.05, 0.1) is 16.6 Å². The summed E-state index contributed by atoms with van der Waals surface area (Å²) in [5.74, 6) is 1.08. The van der Waals surface area contributed by atoms with E-state index in [1.54, 1.807) is 6.20 Å². The van der Waals surface area contributed by atoms with Gasteiger partial charge in [-0.05, 0) is 36.2 Å². The van der Waals surface area contributed by atoms with Gasteiger partial charge in [-0.2, -0.15) is 0 Å². The number of hydrogen-bond donors (Lipinski definition) is 1. The fourth-order valence-corrected chi connectivity index (χ4v) is 4.50. The number of fused-ring (bicyclic) bond motifs is 1. The highest BCUT2D eigenvalue weighted by Crippen LogP contribution is 2.27. The summed E-state index contributed by atoms with van der Waals surface area (Å²) in [5.41, 5.74) is 1.81. The van der Waals surface area contributed by atoms with Crippen molar-refractivity contribution in [2.75, 3.05) is 36.4 Å². The Kier molecular flexibility index (Phi) is 6.23. The molecule has 1 fully saturated rings. The first-order valence-electron chi connectivity index (χ1n) is 10.3. The molecule has 0 radical (unpaired) electrons. The summed E-state index contributed by atoms with van der Waals surface area (Å²) in [7, 11) is 0. The molecule has 1 N–H and O–H groups in total. The number of aromatic nitrogens is 2. The Morgan fingerprint density at radius 2 is 1.97 bits per heavy atom. The lowest BCUT2D eigenvalue weighted by atomic mass is 10.1. The van der Waals surface area contributed by atoms with Gasteiger partial charge in [0.2, 0.25) is 11.8 Å². The summed E-state index contributed by atoms with van der Waals surface area (Å²) < 4.78 is 0.979. The molecule has 0 bridgehead atoms. The molecule has 3 heterocycles. The monoisotopic (exact) mass is 423 g/mol. The lowest BCUT2D eigenvalue weighted by molar-refractivity contribution is -0.130. The number of pyridine rings is 1. The highest BCUT2D eigenvalue weighted by molar-refractivity contribution is 7.22. The van der Waals surface area contributed by atoms with Crippen LogP contribution in [-0.2, 0) is 16.0 Å². The molecule has 0 unspecified atom stereocenters. The van der Waals surface area contributed by atoms with Crippen molar-refractivity contribution in [1.29, 1.82) is 0 Å². The van der Waals surface area contributed by atoms with E-state index in [2.05, 4.69) is 20.2 Å². The minimum absolute atomic E-state index is 0.0168. The predicted molar refractivity (Wildman–Crippen MR) is 120 cm³/mol. The second-order valence-corrected chi connectivity index (χ2v) is 8.38. The third-order valence-electron chi connectivity index (χ3n) is 5.14. The third-order valence-corrected chi connectivity index (χ3v) is 6.07. The van der Waals surface area contributed by atoms with Crippen molar-refractivity contribution in [2.45, 2.75) is 26.2 Å². The number of hydrogen-bond acceptors (Lipinski definition) is 6. The minimum atomic E-state index is -0.0168. The summed E-state index contributed by atoms with van der Waals surface area (Å²) in [4.78, 5) is 37.6. The molecule has 1 aromatic carbocycles. The topological polar surface area (TPSA) is 78.4 Å². The second kappa shape index (κ2) is 9.21. The van der Waals surface area contributed by atoms with Crippen LogP contribution in [0.2, 0.25) is 0 Å². The number of anilines is 2. The fraction of sp³-hybridized carbons (Fsp3) is 0.364. The van der Waals surface area contributed by atoms with Crippen LogP contribution in [0.5, 0.6) is 0 Å². The van der Waals surface area contributed by atoms with Crippen LogP contribution in [0.1, 0.15) is 25.3 Å². The Morgan fingerprint density at radius 1 is 1.13 bits per heavy atom. The second-order valence-electron chi connectivity index (χ2n) is 7.35. The molecule has 1 aliphatic rings. The molecule has 1 aliphatic heterocycles. The molecule has 2 aromatic heterocycles. The van der Waals surface area contributed by atoms with Crippen molar-refractivity contribution >= 4 is 44.3 Å². The van der Waals surface area contributed by atoms with Gasteiger partial charge in [0, 0.05) is 38.8 Å². The molecule has 0 saturated carbocycles. The van der Waals surface area contributed by atoms with Gasteiger partial charge in [-0.25, -0.2) is 9.97 Å². The third kappa shape index (κ3) is 4.76. The Morgan fingerprint density at radius 3 is 2.70 bits per heavy atom. The first-order chi connectivity index (χ1) is 14.6. The lowest BCUT2D eigenvalue weighted by Gasteiger charge is -2.35. The van der Waals surface area contributed by atoms with E-state index < -0.39 is 0 Å². The largest absolute Gasteiger partial charge is 0.353 e. The Labute approximate surface area is 179 Å². The quantitative estimate of drug-likeness (QED) is 0.658. The summed E-state index contributed by atoms with van der Waals surface area (Å²) in [5, 5.41) is 3.45. The van der Waals surface area contributed by atoms with Crippen LogP contribution in [0.4, 0.5) is 10.9 Å². The van der Waals surface area contributed by atoms with Gasteiger partial charge in [-0.1, -0.05) is 30.4 Å². The molecule has 1 saturated heterocycles. The Balaban J connectivity index is 1.35. The zero-order valence-electron chi connectivity index (χ0n) is 17.0. The number of amides is 2. The summed E-state index contributed by atoms with van der Waals surface area (Å²) >= 11 is 1.44. The molecule has 0 atom stereocenters. The lowest BCUT2D eigenvalue weighted by Crippen LogP contribution is -2.49. The maximum atomic E-state index is 12.8. The highest BCUT2D eigenvalue weighted by Gasteiger charge is 2.22. The number of nitrogens with one attached hydrogen (secondary N) is 1. The van der Waals surface area contributed by atoms with Gasteiger partial charge in [-0.15, -0.1) is 0 Å². The van der Waals surface area contributed by atoms with Crippen molar-refractivity contribution in [3.63, 3.8) is 0 Å². The van der Waals surface area contributed by atoms with E-state index in [9.17, 15) is 9.59 Å². The van der Waals surface area contributed by atoms with E-state index in [0.29, 0.717) is 31.1 Å². The summed E-state index contributed by atoms with van der Waals surface area (Å²) in [6.45, 7) is 4.95. The number of carbonyl (C=O) groups excluding carboxylic acids is 2. The van der Waals surface area contributed by atoms with Crippen molar-refractivity contribution in [3.05, 3.63) is 48.2 Å². The predicted octanol–water partition coefficient (Wildman–Crippen LogP) is 3.32. The van der Waals surface area contributed by atoms with E-state index in [4.69, 9.17) is 0 Å². The zero-order valence-corrected chi connectivity index (χ0v) is 17.8. The van der Waals surface area contributed by atoms with Crippen LogP contribution in [0.25, 0.3) is 10.2 Å². The SMILES string of the molecule is CCCC(=O)Nc1nc2ccc(CC(=O)N3CCN(c4ccccn4)CC3)cc2s1. The maximum absolute atomic E-state index is 12.8. The van der Waals surface area contributed by atoms with Crippen LogP contribution in [0.3, 0.4) is 0 Å². The van der Waals surface area contributed by atoms with Gasteiger partial charge in [0.25, 0.3) is 0 Å². The molecule has 156 valence electrons. The van der Waals surface area contributed by atoms with Crippen molar-refractivity contribution in [1.82, 2.24) is 14.9 Å². The normalized spacial score (nSPS) is 14.2. The van der Waals surface area contributed by atoms with Gasteiger partial charge in [0.1, 0.15) is 5.82 Å². The van der Waals surface area contributed by atoms with Crippen LogP contribution in [-0.4, -0.2) is 52.9 Å². The van der Waals surface area contributed by atoms with Crippen LogP contribution < -0.4 is 10.2 Å². The molecular weight excluding hydrogens is 398 g/mol. The highest BCUT2D eigenvalue weighted by atomic mass is 32.1. The van der Waals surface area contributed by atoms with E-state index >= 15 is 0 Å². The van der Waals surface area contributed by atoms with Gasteiger partial charge < -0.3 is 15.1 Å². The van der Waals surface area contributed by atoms with Crippen LogP contribution >= 0.6 is 11.3 Å². The van der Waals surface area contributed by atoms with Gasteiger partial charge in [0.15, 0.2) is 5.13 Å². The average Bonchev–Trinajstić information content (AvgIpc) is 3.16. The van der Waals surface area contributed by atoms with Gasteiger partial charge >= 0.3 is 0 Å².